The average Bonchev–Trinajstić information content (AvgIpc) is 3.22. The lowest BCUT2D eigenvalue weighted by molar-refractivity contribution is 0.0214. The molecule has 2 heterocycles. The second-order valence-corrected chi connectivity index (χ2v) is 8.87. The Balaban J connectivity index is 1.88. The third kappa shape index (κ3) is 6.21. The van der Waals surface area contributed by atoms with Gasteiger partial charge < -0.3 is 20.7 Å². The molecule has 1 aliphatic rings. The second kappa shape index (κ2) is 11.3. The molecular formula is C23H30F3N5O3. The zero-order valence-corrected chi connectivity index (χ0v) is 19.2. The van der Waals surface area contributed by atoms with E-state index >= 15 is 0 Å². The van der Waals surface area contributed by atoms with Gasteiger partial charge >= 0.3 is 6.09 Å². The molecule has 8 nitrogen and oxygen atoms in total. The third-order valence-corrected chi connectivity index (χ3v) is 5.81. The van der Waals surface area contributed by atoms with E-state index in [0.29, 0.717) is 24.6 Å². The number of benzene rings is 1. The molecule has 2 atom stereocenters. The maximum atomic E-state index is 13.2. The number of primary amides is 1. The second-order valence-electron chi connectivity index (χ2n) is 8.87. The van der Waals surface area contributed by atoms with Gasteiger partial charge in [-0.25, -0.2) is 18.0 Å². The Hall–Kier alpha value is -3.24. The van der Waals surface area contributed by atoms with Crippen molar-refractivity contribution in [2.75, 3.05) is 31.8 Å². The van der Waals surface area contributed by atoms with Crippen molar-refractivity contribution in [2.45, 2.75) is 38.8 Å². The molecule has 3 rings (SSSR count). The van der Waals surface area contributed by atoms with E-state index in [0.717, 1.165) is 6.42 Å². The highest BCUT2D eigenvalue weighted by Gasteiger charge is 2.35. The van der Waals surface area contributed by atoms with Crippen LogP contribution in [0.15, 0.2) is 30.5 Å². The lowest BCUT2D eigenvalue weighted by Crippen LogP contribution is -2.46. The fourth-order valence-corrected chi connectivity index (χ4v) is 4.15. The van der Waals surface area contributed by atoms with Crippen molar-refractivity contribution in [3.05, 3.63) is 41.8 Å². The number of carbonyl (C=O) groups is 2. The van der Waals surface area contributed by atoms with E-state index in [1.807, 2.05) is 0 Å². The predicted octanol–water partition coefficient (Wildman–Crippen LogP) is 4.22. The van der Waals surface area contributed by atoms with Gasteiger partial charge in [-0.3, -0.25) is 9.48 Å². The fourth-order valence-electron chi connectivity index (χ4n) is 4.15. The molecule has 1 saturated heterocycles. The number of ether oxygens (including phenoxy) is 1. The Kier molecular flexibility index (Phi) is 8.41. The summed E-state index contributed by atoms with van der Waals surface area (Å²) in [5.41, 5.74) is 6.22. The maximum Gasteiger partial charge on any atom is 0.410 e. The van der Waals surface area contributed by atoms with Crippen LogP contribution in [-0.4, -0.2) is 59.2 Å². The molecule has 1 fully saturated rings. The Morgan fingerprint density at radius 1 is 1.24 bits per heavy atom. The van der Waals surface area contributed by atoms with Gasteiger partial charge in [0, 0.05) is 25.0 Å². The van der Waals surface area contributed by atoms with Crippen molar-refractivity contribution in [3.8, 4) is 0 Å². The number of piperidine rings is 1. The van der Waals surface area contributed by atoms with Crippen molar-refractivity contribution in [1.29, 1.82) is 0 Å². The monoisotopic (exact) mass is 481 g/mol. The highest BCUT2D eigenvalue weighted by Crippen LogP contribution is 2.34. The van der Waals surface area contributed by atoms with Crippen molar-refractivity contribution in [1.82, 2.24) is 14.7 Å². The first kappa shape index (κ1) is 25.4. The van der Waals surface area contributed by atoms with E-state index in [1.165, 1.54) is 35.4 Å². The van der Waals surface area contributed by atoms with E-state index in [-0.39, 0.29) is 29.9 Å². The van der Waals surface area contributed by atoms with Gasteiger partial charge in [-0.2, -0.15) is 5.10 Å². The minimum Gasteiger partial charge on any atom is -0.441 e. The van der Waals surface area contributed by atoms with Gasteiger partial charge in [0.05, 0.1) is 6.04 Å². The summed E-state index contributed by atoms with van der Waals surface area (Å²) in [4.78, 5) is 26.0. The number of rotatable bonds is 9. The van der Waals surface area contributed by atoms with Gasteiger partial charge in [-0.05, 0) is 48.9 Å². The van der Waals surface area contributed by atoms with Crippen LogP contribution < -0.4 is 11.1 Å². The van der Waals surface area contributed by atoms with Crippen molar-refractivity contribution >= 4 is 23.5 Å². The van der Waals surface area contributed by atoms with Crippen LogP contribution in [0.1, 0.15) is 43.1 Å². The zero-order valence-electron chi connectivity index (χ0n) is 19.2. The summed E-state index contributed by atoms with van der Waals surface area (Å²) >= 11 is 0. The smallest absolute Gasteiger partial charge is 0.410 e. The van der Waals surface area contributed by atoms with Gasteiger partial charge in [-0.15, -0.1) is 0 Å². The molecule has 11 heteroatoms. The molecule has 0 radical (unpaired) electrons. The topological polar surface area (TPSA) is 102 Å². The summed E-state index contributed by atoms with van der Waals surface area (Å²) in [6, 6.07) is 5.24. The van der Waals surface area contributed by atoms with E-state index < -0.39 is 37.3 Å². The Bertz CT molecular complexity index is 979. The number of amides is 2. The third-order valence-electron chi connectivity index (χ3n) is 5.81. The number of nitrogens with two attached hydrogens (primary N) is 1. The van der Waals surface area contributed by atoms with E-state index in [9.17, 15) is 22.8 Å². The minimum absolute atomic E-state index is 0.126. The maximum absolute atomic E-state index is 13.2. The Morgan fingerprint density at radius 3 is 2.50 bits per heavy atom. The molecular weight excluding hydrogens is 451 g/mol. The number of carbonyl (C=O) groups excluding carboxylic acids is 2. The minimum atomic E-state index is -1.43. The Morgan fingerprint density at radius 2 is 1.91 bits per heavy atom. The Labute approximate surface area is 196 Å². The number of likely N-dealkylation sites (tertiary alicyclic amines) is 1. The van der Waals surface area contributed by atoms with Crippen LogP contribution in [0, 0.1) is 17.7 Å². The van der Waals surface area contributed by atoms with E-state index in [1.54, 1.807) is 4.68 Å². The first-order valence-electron chi connectivity index (χ1n) is 11.2. The van der Waals surface area contributed by atoms with Gasteiger partial charge in [0.1, 0.15) is 24.7 Å². The van der Waals surface area contributed by atoms with Gasteiger partial charge in [-0.1, -0.05) is 13.8 Å². The molecule has 0 saturated carbocycles. The molecule has 2 aromatic rings. The summed E-state index contributed by atoms with van der Waals surface area (Å²) < 4.78 is 45.5. The molecule has 1 unspecified atom stereocenters. The highest BCUT2D eigenvalue weighted by atomic mass is 19.1. The number of aromatic nitrogens is 2. The molecule has 3 N–H and O–H groups in total. The molecule has 0 spiro atoms. The molecule has 0 aliphatic carbocycles. The standard InChI is InChI=1S/C23H30F3N5O3/c1-14(2)9-15-7-8-30(23(33)34-18(10-24)11-25)13-20(15)31-12-19(21(27)32)22(29-31)28-17-5-3-16(26)4-6-17/h3-6,12,14-15,18,20H,7-11,13H2,1-2H3,(H2,27,32)(H,28,29)/t15-,20?/m0/s1. The number of hydrogen-bond acceptors (Lipinski definition) is 5. The lowest BCUT2D eigenvalue weighted by Gasteiger charge is -2.39. The summed E-state index contributed by atoms with van der Waals surface area (Å²) in [6.45, 7) is 2.54. The molecule has 0 bridgehead atoms. The number of nitrogens with one attached hydrogen (secondary N) is 1. The van der Waals surface area contributed by atoms with Crippen LogP contribution in [0.2, 0.25) is 0 Å². The van der Waals surface area contributed by atoms with Crippen molar-refractivity contribution < 1.29 is 27.5 Å². The number of halogens is 3. The van der Waals surface area contributed by atoms with Crippen LogP contribution in [0.5, 0.6) is 0 Å². The number of hydrogen-bond donors (Lipinski definition) is 2. The first-order valence-corrected chi connectivity index (χ1v) is 11.2. The molecule has 186 valence electrons. The van der Waals surface area contributed by atoms with Crippen LogP contribution in [0.25, 0.3) is 0 Å². The van der Waals surface area contributed by atoms with Crippen LogP contribution in [0.3, 0.4) is 0 Å². The van der Waals surface area contributed by atoms with Crippen LogP contribution in [-0.2, 0) is 4.74 Å². The van der Waals surface area contributed by atoms with E-state index in [2.05, 4.69) is 24.3 Å². The van der Waals surface area contributed by atoms with Crippen LogP contribution >= 0.6 is 0 Å². The lowest BCUT2D eigenvalue weighted by atomic mass is 9.85. The summed E-state index contributed by atoms with van der Waals surface area (Å²) in [6.07, 6.45) is 0.766. The predicted molar refractivity (Wildman–Crippen MR) is 121 cm³/mol. The van der Waals surface area contributed by atoms with Gasteiger partial charge in [0.15, 0.2) is 11.9 Å². The van der Waals surface area contributed by atoms with Gasteiger partial charge in [0.2, 0.25) is 0 Å². The highest BCUT2D eigenvalue weighted by molar-refractivity contribution is 5.98. The van der Waals surface area contributed by atoms with E-state index in [4.69, 9.17) is 10.5 Å². The SMILES string of the molecule is CC(C)C[C@@H]1CCN(C(=O)OC(CF)CF)CC1n1cc(C(N)=O)c(Nc2ccc(F)cc2)n1. The molecule has 1 aromatic carbocycles. The summed E-state index contributed by atoms with van der Waals surface area (Å²) in [5.74, 6) is -0.397. The molecule has 1 aromatic heterocycles. The molecule has 2 amide bonds. The largest absolute Gasteiger partial charge is 0.441 e. The van der Waals surface area contributed by atoms with Crippen molar-refractivity contribution in [3.63, 3.8) is 0 Å². The molecule has 1 aliphatic heterocycles. The first-order chi connectivity index (χ1) is 16.2. The normalized spacial score (nSPS) is 18.4. The number of alkyl halides is 2. The average molecular weight is 482 g/mol. The van der Waals surface area contributed by atoms with Crippen LogP contribution in [0.4, 0.5) is 29.5 Å². The fraction of sp³-hybridized carbons (Fsp3) is 0.522. The number of nitrogens with zero attached hydrogens (tertiary/aromatic N) is 3. The van der Waals surface area contributed by atoms with Gasteiger partial charge in [0.25, 0.3) is 5.91 Å². The summed E-state index contributed by atoms with van der Waals surface area (Å²) in [5, 5.41) is 7.51. The molecule has 34 heavy (non-hydrogen) atoms. The quantitative estimate of drug-likeness (QED) is 0.558. The zero-order chi connectivity index (χ0) is 24.8. The number of anilines is 2. The summed E-state index contributed by atoms with van der Waals surface area (Å²) in [7, 11) is 0. The van der Waals surface area contributed by atoms with Crippen molar-refractivity contribution in [2.24, 2.45) is 17.6 Å².